The summed E-state index contributed by atoms with van der Waals surface area (Å²) in [5.74, 6) is 1.55. The maximum atomic E-state index is 12.2. The zero-order valence-corrected chi connectivity index (χ0v) is 13.8. The number of amides is 2. The van der Waals surface area contributed by atoms with Crippen molar-refractivity contribution in [1.82, 2.24) is 10.2 Å². The fraction of sp³-hybridized carbons (Fsp3) is 0.316. The first-order valence-corrected chi connectivity index (χ1v) is 8.12. The number of carbonyl (C=O) groups excluding carboxylic acids is 1. The van der Waals surface area contributed by atoms with Crippen molar-refractivity contribution in [2.75, 3.05) is 26.8 Å². The van der Waals surface area contributed by atoms with Crippen LogP contribution in [-0.4, -0.2) is 37.7 Å². The van der Waals surface area contributed by atoms with Gasteiger partial charge in [0.1, 0.15) is 18.1 Å². The number of ether oxygens (including phenoxy) is 2. The second kappa shape index (κ2) is 7.73. The molecule has 5 heteroatoms. The van der Waals surface area contributed by atoms with Crippen LogP contribution in [0.4, 0.5) is 4.79 Å². The SMILES string of the molecule is COc1ccc(OCCNC(=O)N2CCc3ccccc3C2)cc1. The van der Waals surface area contributed by atoms with E-state index < -0.39 is 0 Å². The van der Waals surface area contributed by atoms with Gasteiger partial charge in [0, 0.05) is 13.1 Å². The molecule has 2 aromatic carbocycles. The lowest BCUT2D eigenvalue weighted by Gasteiger charge is -2.28. The van der Waals surface area contributed by atoms with Crippen LogP contribution in [-0.2, 0) is 13.0 Å². The van der Waals surface area contributed by atoms with Crippen LogP contribution in [0.25, 0.3) is 0 Å². The number of urea groups is 1. The first-order chi connectivity index (χ1) is 11.8. The third-order valence-corrected chi connectivity index (χ3v) is 4.12. The normalized spacial score (nSPS) is 13.1. The van der Waals surface area contributed by atoms with Gasteiger partial charge in [0.2, 0.25) is 0 Å². The minimum absolute atomic E-state index is 0.0390. The number of hydrogen-bond acceptors (Lipinski definition) is 3. The summed E-state index contributed by atoms with van der Waals surface area (Å²) in [6.45, 7) is 2.33. The third-order valence-electron chi connectivity index (χ3n) is 4.12. The second-order valence-corrected chi connectivity index (χ2v) is 5.70. The van der Waals surface area contributed by atoms with E-state index in [2.05, 4.69) is 17.4 Å². The number of benzene rings is 2. The number of carbonyl (C=O) groups is 1. The van der Waals surface area contributed by atoms with Crippen LogP contribution >= 0.6 is 0 Å². The lowest BCUT2D eigenvalue weighted by Crippen LogP contribution is -2.43. The average Bonchev–Trinajstić information content (AvgIpc) is 2.65. The molecule has 0 aliphatic carbocycles. The molecular formula is C19H22N2O3. The Balaban J connectivity index is 1.41. The van der Waals surface area contributed by atoms with Gasteiger partial charge in [-0.2, -0.15) is 0 Å². The molecular weight excluding hydrogens is 304 g/mol. The highest BCUT2D eigenvalue weighted by atomic mass is 16.5. The first kappa shape index (κ1) is 16.2. The molecule has 1 N–H and O–H groups in total. The number of methoxy groups -OCH3 is 1. The molecule has 1 aliphatic heterocycles. The molecule has 0 aromatic heterocycles. The maximum Gasteiger partial charge on any atom is 0.317 e. The van der Waals surface area contributed by atoms with Crippen LogP contribution < -0.4 is 14.8 Å². The third kappa shape index (κ3) is 3.98. The van der Waals surface area contributed by atoms with Crippen LogP contribution in [0.1, 0.15) is 11.1 Å². The van der Waals surface area contributed by atoms with E-state index in [4.69, 9.17) is 9.47 Å². The molecule has 1 heterocycles. The van der Waals surface area contributed by atoms with Crippen LogP contribution in [0.3, 0.4) is 0 Å². The molecule has 126 valence electrons. The predicted octanol–water partition coefficient (Wildman–Crippen LogP) is 2.84. The van der Waals surface area contributed by atoms with Gasteiger partial charge in [-0.1, -0.05) is 24.3 Å². The number of hydrogen-bond donors (Lipinski definition) is 1. The maximum absolute atomic E-state index is 12.2. The minimum atomic E-state index is -0.0390. The Bertz CT molecular complexity index is 685. The minimum Gasteiger partial charge on any atom is -0.497 e. The Labute approximate surface area is 142 Å². The van der Waals surface area contributed by atoms with E-state index >= 15 is 0 Å². The van der Waals surface area contributed by atoms with Gasteiger partial charge < -0.3 is 19.7 Å². The summed E-state index contributed by atoms with van der Waals surface area (Å²) < 4.78 is 10.7. The highest BCUT2D eigenvalue weighted by molar-refractivity contribution is 5.74. The van der Waals surface area contributed by atoms with E-state index in [0.29, 0.717) is 19.7 Å². The summed E-state index contributed by atoms with van der Waals surface area (Å²) in [5, 5.41) is 2.91. The van der Waals surface area contributed by atoms with Gasteiger partial charge in [-0.05, 0) is 41.8 Å². The van der Waals surface area contributed by atoms with Gasteiger partial charge in [-0.3, -0.25) is 0 Å². The fourth-order valence-corrected chi connectivity index (χ4v) is 2.78. The summed E-state index contributed by atoms with van der Waals surface area (Å²) in [6.07, 6.45) is 0.909. The van der Waals surface area contributed by atoms with Crippen molar-refractivity contribution in [1.29, 1.82) is 0 Å². The number of fused-ring (bicyclic) bond motifs is 1. The quantitative estimate of drug-likeness (QED) is 0.860. The van der Waals surface area contributed by atoms with Crippen molar-refractivity contribution in [3.8, 4) is 11.5 Å². The van der Waals surface area contributed by atoms with Crippen molar-refractivity contribution in [2.24, 2.45) is 0 Å². The molecule has 0 saturated heterocycles. The lowest BCUT2D eigenvalue weighted by atomic mass is 10.0. The zero-order valence-electron chi connectivity index (χ0n) is 13.8. The van der Waals surface area contributed by atoms with Crippen molar-refractivity contribution in [2.45, 2.75) is 13.0 Å². The van der Waals surface area contributed by atoms with E-state index in [0.717, 1.165) is 24.5 Å². The molecule has 2 amide bonds. The van der Waals surface area contributed by atoms with Gasteiger partial charge in [0.05, 0.1) is 13.7 Å². The van der Waals surface area contributed by atoms with Crippen LogP contribution in [0, 0.1) is 0 Å². The Morgan fingerprint density at radius 3 is 2.54 bits per heavy atom. The number of nitrogens with one attached hydrogen (secondary N) is 1. The zero-order chi connectivity index (χ0) is 16.8. The van der Waals surface area contributed by atoms with Crippen molar-refractivity contribution in [3.63, 3.8) is 0 Å². The summed E-state index contributed by atoms with van der Waals surface area (Å²) in [6, 6.07) is 15.6. The summed E-state index contributed by atoms with van der Waals surface area (Å²) in [4.78, 5) is 14.1. The van der Waals surface area contributed by atoms with E-state index in [1.54, 1.807) is 7.11 Å². The van der Waals surface area contributed by atoms with E-state index in [1.165, 1.54) is 11.1 Å². The predicted molar refractivity (Wildman–Crippen MR) is 92.4 cm³/mol. The smallest absolute Gasteiger partial charge is 0.317 e. The summed E-state index contributed by atoms with van der Waals surface area (Å²) in [7, 11) is 1.63. The van der Waals surface area contributed by atoms with Crippen molar-refractivity contribution < 1.29 is 14.3 Å². The van der Waals surface area contributed by atoms with Crippen LogP contribution in [0.2, 0.25) is 0 Å². The second-order valence-electron chi connectivity index (χ2n) is 5.70. The van der Waals surface area contributed by atoms with Gasteiger partial charge >= 0.3 is 6.03 Å². The molecule has 0 bridgehead atoms. The Morgan fingerprint density at radius 1 is 1.08 bits per heavy atom. The van der Waals surface area contributed by atoms with E-state index in [9.17, 15) is 4.79 Å². The largest absolute Gasteiger partial charge is 0.497 e. The molecule has 24 heavy (non-hydrogen) atoms. The van der Waals surface area contributed by atoms with Crippen LogP contribution in [0.5, 0.6) is 11.5 Å². The topological polar surface area (TPSA) is 50.8 Å². The molecule has 2 aromatic rings. The summed E-state index contributed by atoms with van der Waals surface area (Å²) in [5.41, 5.74) is 2.57. The van der Waals surface area contributed by atoms with Gasteiger partial charge in [0.15, 0.2) is 0 Å². The Morgan fingerprint density at radius 2 is 1.79 bits per heavy atom. The molecule has 5 nitrogen and oxygen atoms in total. The highest BCUT2D eigenvalue weighted by Gasteiger charge is 2.19. The fourth-order valence-electron chi connectivity index (χ4n) is 2.78. The molecule has 0 unspecified atom stereocenters. The molecule has 0 spiro atoms. The van der Waals surface area contributed by atoms with E-state index in [-0.39, 0.29) is 6.03 Å². The molecule has 3 rings (SSSR count). The number of nitrogens with zero attached hydrogens (tertiary/aromatic N) is 1. The average molecular weight is 326 g/mol. The number of rotatable bonds is 5. The monoisotopic (exact) mass is 326 g/mol. The summed E-state index contributed by atoms with van der Waals surface area (Å²) >= 11 is 0. The van der Waals surface area contributed by atoms with Gasteiger partial charge in [0.25, 0.3) is 0 Å². The lowest BCUT2D eigenvalue weighted by molar-refractivity contribution is 0.189. The standard InChI is InChI=1S/C19H22N2O3/c1-23-17-6-8-18(9-7-17)24-13-11-20-19(22)21-12-10-15-4-2-3-5-16(15)14-21/h2-9H,10-14H2,1H3,(H,20,22). The first-order valence-electron chi connectivity index (χ1n) is 8.12. The highest BCUT2D eigenvalue weighted by Crippen LogP contribution is 2.18. The van der Waals surface area contributed by atoms with E-state index in [1.807, 2.05) is 41.3 Å². The molecule has 0 radical (unpaired) electrons. The van der Waals surface area contributed by atoms with Crippen molar-refractivity contribution in [3.05, 3.63) is 59.7 Å². The Kier molecular flexibility index (Phi) is 5.21. The van der Waals surface area contributed by atoms with Crippen molar-refractivity contribution >= 4 is 6.03 Å². The molecule has 0 fully saturated rings. The van der Waals surface area contributed by atoms with Crippen LogP contribution in [0.15, 0.2) is 48.5 Å². The Hall–Kier alpha value is -2.69. The molecule has 1 aliphatic rings. The molecule has 0 saturated carbocycles. The molecule has 0 atom stereocenters. The van der Waals surface area contributed by atoms with Gasteiger partial charge in [-0.15, -0.1) is 0 Å². The van der Waals surface area contributed by atoms with Gasteiger partial charge in [-0.25, -0.2) is 4.79 Å².